The highest BCUT2D eigenvalue weighted by molar-refractivity contribution is 7.17. The van der Waals surface area contributed by atoms with Crippen LogP contribution in [0.1, 0.15) is 12.0 Å². The normalized spacial score (nSPS) is 11.5. The van der Waals surface area contributed by atoms with E-state index in [2.05, 4.69) is 0 Å². The number of benzene rings is 1. The van der Waals surface area contributed by atoms with Crippen LogP contribution in [0.25, 0.3) is 10.1 Å². The Balaban J connectivity index is 2.79. The van der Waals surface area contributed by atoms with Crippen molar-refractivity contribution in [3.8, 4) is 0 Å². The molecule has 2 rings (SSSR count). The Labute approximate surface area is 80.8 Å². The van der Waals surface area contributed by atoms with Gasteiger partial charge in [-0.1, -0.05) is 0 Å². The monoisotopic (exact) mass is 220 g/mol. The number of halogens is 4. The summed E-state index contributed by atoms with van der Waals surface area (Å²) in [6.07, 6.45) is -2.92. The van der Waals surface area contributed by atoms with E-state index in [-0.39, 0.29) is 5.39 Å². The highest BCUT2D eigenvalue weighted by Crippen LogP contribution is 2.32. The van der Waals surface area contributed by atoms with Crippen molar-refractivity contribution >= 4 is 21.4 Å². The molecule has 0 atom stereocenters. The Morgan fingerprint density at radius 1 is 1.14 bits per heavy atom. The summed E-state index contributed by atoms with van der Waals surface area (Å²) in [5.41, 5.74) is -0.755. The van der Waals surface area contributed by atoms with Crippen LogP contribution in [0.4, 0.5) is 17.6 Å². The van der Waals surface area contributed by atoms with Crippen LogP contribution in [0.15, 0.2) is 17.5 Å². The van der Waals surface area contributed by atoms with Gasteiger partial charge in [0.05, 0.1) is 10.9 Å². The maximum absolute atomic E-state index is 13.3. The summed E-state index contributed by atoms with van der Waals surface area (Å²) < 4.78 is 51.1. The Morgan fingerprint density at radius 2 is 1.86 bits per heavy atom. The maximum atomic E-state index is 13.3. The molecule has 14 heavy (non-hydrogen) atoms. The Hall–Kier alpha value is -1.10. The minimum atomic E-state index is -2.92. The van der Waals surface area contributed by atoms with Crippen molar-refractivity contribution in [2.24, 2.45) is 0 Å². The number of hydrogen-bond acceptors (Lipinski definition) is 1. The summed E-state index contributed by atoms with van der Waals surface area (Å²) in [6, 6.07) is 2.28. The summed E-state index contributed by atoms with van der Waals surface area (Å²) in [4.78, 5) is 0. The van der Waals surface area contributed by atoms with Gasteiger partial charge >= 0.3 is 0 Å². The quantitative estimate of drug-likeness (QED) is 0.634. The van der Waals surface area contributed by atoms with E-state index in [0.717, 1.165) is 22.8 Å². The number of hydrogen-bond donors (Lipinski definition) is 0. The molecule has 0 saturated carbocycles. The van der Waals surface area contributed by atoms with Crippen molar-refractivity contribution in [1.82, 2.24) is 0 Å². The molecule has 0 aliphatic carbocycles. The Morgan fingerprint density at radius 3 is 2.50 bits per heavy atom. The molecule has 0 N–H and O–H groups in total. The van der Waals surface area contributed by atoms with Crippen LogP contribution < -0.4 is 0 Å². The fourth-order valence-corrected chi connectivity index (χ4v) is 2.04. The molecule has 0 unspecified atom stereocenters. The molecule has 0 bridgehead atoms. The highest BCUT2D eigenvalue weighted by atomic mass is 32.1. The van der Waals surface area contributed by atoms with E-state index in [0.29, 0.717) is 4.70 Å². The van der Waals surface area contributed by atoms with Gasteiger partial charge in [-0.3, -0.25) is 0 Å². The number of thiophene rings is 1. The van der Waals surface area contributed by atoms with Gasteiger partial charge in [0.2, 0.25) is 0 Å². The van der Waals surface area contributed by atoms with Gasteiger partial charge in [-0.15, -0.1) is 11.3 Å². The standard InChI is InChI=1S/C9H4F4S/c10-5-3-14-6-2-1-4(9(12)13)8(11)7(5)6/h1-3,9H. The molecule has 1 aromatic heterocycles. The summed E-state index contributed by atoms with van der Waals surface area (Å²) in [7, 11) is 0. The van der Waals surface area contributed by atoms with E-state index in [4.69, 9.17) is 0 Å². The molecule has 1 heterocycles. The third kappa shape index (κ3) is 1.28. The topological polar surface area (TPSA) is 0 Å². The van der Waals surface area contributed by atoms with Gasteiger partial charge in [-0.25, -0.2) is 17.6 Å². The zero-order valence-corrected chi connectivity index (χ0v) is 7.55. The second kappa shape index (κ2) is 3.24. The Kier molecular flexibility index (Phi) is 2.19. The van der Waals surface area contributed by atoms with Crippen molar-refractivity contribution in [2.75, 3.05) is 0 Å². The van der Waals surface area contributed by atoms with E-state index < -0.39 is 23.6 Å². The fourth-order valence-electron chi connectivity index (χ4n) is 1.24. The summed E-state index contributed by atoms with van der Waals surface area (Å²) in [5.74, 6) is -1.94. The smallest absolute Gasteiger partial charge is 0.206 e. The van der Waals surface area contributed by atoms with Crippen molar-refractivity contribution < 1.29 is 17.6 Å². The molecule has 0 aliphatic heterocycles. The van der Waals surface area contributed by atoms with Crippen LogP contribution in [-0.2, 0) is 0 Å². The first kappa shape index (κ1) is 9.45. The third-order valence-corrected chi connectivity index (χ3v) is 2.82. The molecule has 0 aliphatic rings. The summed E-state index contributed by atoms with van der Waals surface area (Å²) in [6.45, 7) is 0. The number of alkyl halides is 2. The molecule has 5 heteroatoms. The molecular formula is C9H4F4S. The molecule has 0 spiro atoms. The minimum absolute atomic E-state index is 0.337. The zero-order valence-electron chi connectivity index (χ0n) is 6.73. The molecule has 74 valence electrons. The molecule has 0 fully saturated rings. The van der Waals surface area contributed by atoms with E-state index in [9.17, 15) is 17.6 Å². The Bertz CT molecular complexity index is 475. The molecular weight excluding hydrogens is 216 g/mol. The lowest BCUT2D eigenvalue weighted by Crippen LogP contribution is -1.91. The first-order chi connectivity index (χ1) is 6.61. The fraction of sp³-hybridized carbons (Fsp3) is 0.111. The summed E-state index contributed by atoms with van der Waals surface area (Å²) in [5, 5.41) is 0.760. The van der Waals surface area contributed by atoms with Crippen LogP contribution in [0.2, 0.25) is 0 Å². The number of fused-ring (bicyclic) bond motifs is 1. The van der Waals surface area contributed by atoms with Crippen LogP contribution in [0.5, 0.6) is 0 Å². The van der Waals surface area contributed by atoms with E-state index in [1.54, 1.807) is 0 Å². The zero-order chi connectivity index (χ0) is 10.3. The molecule has 0 radical (unpaired) electrons. The molecule has 0 amide bonds. The van der Waals surface area contributed by atoms with E-state index >= 15 is 0 Å². The first-order valence-electron chi connectivity index (χ1n) is 3.74. The molecule has 2 aromatic rings. The second-order valence-electron chi connectivity index (χ2n) is 2.73. The third-order valence-electron chi connectivity index (χ3n) is 1.90. The largest absolute Gasteiger partial charge is 0.266 e. The van der Waals surface area contributed by atoms with Crippen LogP contribution in [0.3, 0.4) is 0 Å². The highest BCUT2D eigenvalue weighted by Gasteiger charge is 2.18. The van der Waals surface area contributed by atoms with E-state index in [1.165, 1.54) is 6.07 Å². The van der Waals surface area contributed by atoms with Gasteiger partial charge in [-0.2, -0.15) is 0 Å². The molecule has 0 saturated heterocycles. The summed E-state index contributed by atoms with van der Waals surface area (Å²) >= 11 is 0.989. The predicted molar refractivity (Wildman–Crippen MR) is 46.7 cm³/mol. The first-order valence-corrected chi connectivity index (χ1v) is 4.62. The maximum Gasteiger partial charge on any atom is 0.266 e. The van der Waals surface area contributed by atoms with Crippen molar-refractivity contribution in [2.45, 2.75) is 6.43 Å². The van der Waals surface area contributed by atoms with Crippen molar-refractivity contribution in [3.63, 3.8) is 0 Å². The average Bonchev–Trinajstić information content (AvgIpc) is 2.48. The van der Waals surface area contributed by atoms with Gasteiger partial charge in [0, 0.05) is 10.1 Å². The van der Waals surface area contributed by atoms with Crippen LogP contribution in [0, 0.1) is 11.6 Å². The number of rotatable bonds is 1. The van der Waals surface area contributed by atoms with Gasteiger partial charge in [0.15, 0.2) is 0 Å². The van der Waals surface area contributed by atoms with Gasteiger partial charge in [-0.05, 0) is 12.1 Å². The van der Waals surface area contributed by atoms with E-state index in [1.807, 2.05) is 0 Å². The lowest BCUT2D eigenvalue weighted by molar-refractivity contribution is 0.146. The molecule has 1 aromatic carbocycles. The van der Waals surface area contributed by atoms with Gasteiger partial charge in [0.25, 0.3) is 6.43 Å². The van der Waals surface area contributed by atoms with Crippen LogP contribution >= 0.6 is 11.3 Å². The van der Waals surface area contributed by atoms with Crippen molar-refractivity contribution in [3.05, 3.63) is 34.7 Å². The SMILES string of the molecule is Fc1csc2ccc(C(F)F)c(F)c12. The minimum Gasteiger partial charge on any atom is -0.206 e. The lowest BCUT2D eigenvalue weighted by Gasteiger charge is -2.02. The van der Waals surface area contributed by atoms with Gasteiger partial charge < -0.3 is 0 Å². The van der Waals surface area contributed by atoms with Gasteiger partial charge in [0.1, 0.15) is 11.6 Å². The molecule has 0 nitrogen and oxygen atoms in total. The predicted octanol–water partition coefficient (Wildman–Crippen LogP) is 4.12. The second-order valence-corrected chi connectivity index (χ2v) is 3.64. The van der Waals surface area contributed by atoms with Crippen molar-refractivity contribution in [1.29, 1.82) is 0 Å². The average molecular weight is 220 g/mol. The lowest BCUT2D eigenvalue weighted by atomic mass is 10.1. The van der Waals surface area contributed by atoms with Crippen LogP contribution in [-0.4, -0.2) is 0 Å².